The fourth-order valence-electron chi connectivity index (χ4n) is 1.22. The summed E-state index contributed by atoms with van der Waals surface area (Å²) in [5.74, 6) is 1.05. The minimum absolute atomic E-state index is 0.232. The van der Waals surface area contributed by atoms with Crippen LogP contribution in [0.5, 0.6) is 17.2 Å². The van der Waals surface area contributed by atoms with E-state index < -0.39 is 0 Å². The quantitative estimate of drug-likeness (QED) is 0.795. The zero-order valence-corrected chi connectivity index (χ0v) is 9.38. The van der Waals surface area contributed by atoms with Gasteiger partial charge in [0.15, 0.2) is 17.2 Å². The van der Waals surface area contributed by atoms with Crippen LogP contribution in [0.15, 0.2) is 6.07 Å². The third-order valence-electron chi connectivity index (χ3n) is 1.89. The van der Waals surface area contributed by atoms with E-state index in [1.165, 1.54) is 27.4 Å². The van der Waals surface area contributed by atoms with Crippen molar-refractivity contribution in [2.24, 2.45) is 0 Å². The molecule has 1 aromatic carbocycles. The second kappa shape index (κ2) is 4.76. The molecule has 0 aliphatic rings. The SMILES string of the molecule is COc1cc(C#N)c(OC)c(Cl)c1OC. The molecule has 80 valence electrons. The van der Waals surface area contributed by atoms with Crippen LogP contribution in [0.4, 0.5) is 0 Å². The van der Waals surface area contributed by atoms with Crippen molar-refractivity contribution >= 4 is 11.6 Å². The highest BCUT2D eigenvalue weighted by Crippen LogP contribution is 2.43. The van der Waals surface area contributed by atoms with E-state index in [0.717, 1.165) is 0 Å². The summed E-state index contributed by atoms with van der Waals surface area (Å²) in [6.07, 6.45) is 0. The number of ether oxygens (including phenoxy) is 3. The highest BCUT2D eigenvalue weighted by atomic mass is 35.5. The lowest BCUT2D eigenvalue weighted by Gasteiger charge is -2.13. The van der Waals surface area contributed by atoms with Crippen LogP contribution >= 0.6 is 11.6 Å². The number of benzene rings is 1. The largest absolute Gasteiger partial charge is 0.494 e. The van der Waals surface area contributed by atoms with Crippen LogP contribution in [0.25, 0.3) is 0 Å². The van der Waals surface area contributed by atoms with Gasteiger partial charge in [-0.15, -0.1) is 0 Å². The fourth-order valence-corrected chi connectivity index (χ4v) is 1.57. The number of nitriles is 1. The Morgan fingerprint density at radius 1 is 1.13 bits per heavy atom. The smallest absolute Gasteiger partial charge is 0.183 e. The molecule has 4 nitrogen and oxygen atoms in total. The van der Waals surface area contributed by atoms with Gasteiger partial charge in [-0.25, -0.2) is 0 Å². The molecule has 0 unspecified atom stereocenters. The summed E-state index contributed by atoms with van der Waals surface area (Å²) in [6.45, 7) is 0. The van der Waals surface area contributed by atoms with Crippen LogP contribution in [0.1, 0.15) is 5.56 Å². The number of hydrogen-bond donors (Lipinski definition) is 0. The summed E-state index contributed by atoms with van der Waals surface area (Å²) >= 11 is 6.00. The molecule has 0 heterocycles. The Labute approximate surface area is 92.9 Å². The second-order valence-corrected chi connectivity index (χ2v) is 3.00. The van der Waals surface area contributed by atoms with E-state index in [1.807, 2.05) is 6.07 Å². The summed E-state index contributed by atoms with van der Waals surface area (Å²) in [5, 5.41) is 9.10. The molecule has 0 aliphatic carbocycles. The first-order chi connectivity index (χ1) is 7.19. The minimum Gasteiger partial charge on any atom is -0.494 e. The average molecular weight is 228 g/mol. The normalized spacial score (nSPS) is 9.27. The Bertz CT molecular complexity index is 412. The number of rotatable bonds is 3. The predicted octanol–water partition coefficient (Wildman–Crippen LogP) is 2.24. The second-order valence-electron chi connectivity index (χ2n) is 2.62. The summed E-state index contributed by atoms with van der Waals surface area (Å²) < 4.78 is 15.1. The summed E-state index contributed by atoms with van der Waals surface area (Å²) in [5.41, 5.74) is 0.306. The molecule has 0 aromatic heterocycles. The van der Waals surface area contributed by atoms with Crippen LogP contribution in [-0.4, -0.2) is 21.3 Å². The molecule has 0 N–H and O–H groups in total. The van der Waals surface area contributed by atoms with Crippen molar-refractivity contribution in [2.45, 2.75) is 0 Å². The summed E-state index contributed by atoms with van der Waals surface area (Å²) in [4.78, 5) is 0. The van der Waals surface area contributed by atoms with E-state index in [4.69, 9.17) is 31.1 Å². The lowest BCUT2D eigenvalue weighted by Crippen LogP contribution is -1.96. The van der Waals surface area contributed by atoms with E-state index in [9.17, 15) is 0 Å². The van der Waals surface area contributed by atoms with Crippen molar-refractivity contribution in [2.75, 3.05) is 21.3 Å². The minimum atomic E-state index is 0.232. The first-order valence-electron chi connectivity index (χ1n) is 4.08. The maximum Gasteiger partial charge on any atom is 0.183 e. The maximum absolute atomic E-state index is 8.87. The van der Waals surface area contributed by atoms with Crippen LogP contribution in [0, 0.1) is 11.3 Å². The van der Waals surface area contributed by atoms with E-state index in [-0.39, 0.29) is 10.8 Å². The average Bonchev–Trinajstić information content (AvgIpc) is 2.27. The first-order valence-corrected chi connectivity index (χ1v) is 4.46. The molecule has 0 radical (unpaired) electrons. The molecule has 15 heavy (non-hydrogen) atoms. The third kappa shape index (κ3) is 1.92. The molecule has 0 spiro atoms. The molecule has 0 saturated heterocycles. The van der Waals surface area contributed by atoms with Crippen molar-refractivity contribution in [1.82, 2.24) is 0 Å². The number of halogens is 1. The van der Waals surface area contributed by atoms with Gasteiger partial charge < -0.3 is 14.2 Å². The Hall–Kier alpha value is -1.60. The molecular weight excluding hydrogens is 218 g/mol. The van der Waals surface area contributed by atoms with Gasteiger partial charge in [-0.2, -0.15) is 5.26 Å². The highest BCUT2D eigenvalue weighted by molar-refractivity contribution is 6.34. The van der Waals surface area contributed by atoms with Crippen LogP contribution in [0.3, 0.4) is 0 Å². The van der Waals surface area contributed by atoms with Gasteiger partial charge in [0.2, 0.25) is 0 Å². The zero-order chi connectivity index (χ0) is 11.4. The van der Waals surface area contributed by atoms with Gasteiger partial charge in [-0.05, 0) is 0 Å². The van der Waals surface area contributed by atoms with E-state index in [2.05, 4.69) is 0 Å². The molecule has 0 fully saturated rings. The van der Waals surface area contributed by atoms with Crippen molar-refractivity contribution < 1.29 is 14.2 Å². The molecule has 0 saturated carbocycles. The van der Waals surface area contributed by atoms with Gasteiger partial charge in [-0.1, -0.05) is 11.6 Å². The molecule has 0 amide bonds. The Kier molecular flexibility index (Phi) is 3.64. The Morgan fingerprint density at radius 3 is 2.13 bits per heavy atom. The Balaban J connectivity index is 3.50. The fraction of sp³-hybridized carbons (Fsp3) is 0.300. The van der Waals surface area contributed by atoms with Gasteiger partial charge in [-0.3, -0.25) is 0 Å². The lowest BCUT2D eigenvalue weighted by atomic mass is 10.2. The number of methoxy groups -OCH3 is 3. The number of hydrogen-bond acceptors (Lipinski definition) is 4. The molecule has 5 heteroatoms. The lowest BCUT2D eigenvalue weighted by molar-refractivity contribution is 0.349. The van der Waals surface area contributed by atoms with Crippen molar-refractivity contribution in [3.05, 3.63) is 16.7 Å². The molecule has 0 aliphatic heterocycles. The molecule has 0 bridgehead atoms. The topological polar surface area (TPSA) is 51.5 Å². The van der Waals surface area contributed by atoms with E-state index >= 15 is 0 Å². The predicted molar refractivity (Wildman–Crippen MR) is 55.8 cm³/mol. The van der Waals surface area contributed by atoms with E-state index in [1.54, 1.807) is 0 Å². The third-order valence-corrected chi connectivity index (χ3v) is 2.23. The van der Waals surface area contributed by atoms with Crippen LogP contribution in [-0.2, 0) is 0 Å². The highest BCUT2D eigenvalue weighted by Gasteiger charge is 2.18. The van der Waals surface area contributed by atoms with Crippen molar-refractivity contribution in [3.8, 4) is 23.3 Å². The van der Waals surface area contributed by atoms with Gasteiger partial charge >= 0.3 is 0 Å². The summed E-state index contributed by atoms with van der Waals surface area (Å²) in [6, 6.07) is 3.49. The summed E-state index contributed by atoms with van der Waals surface area (Å²) in [7, 11) is 4.38. The number of nitrogens with zero attached hydrogens (tertiary/aromatic N) is 1. The van der Waals surface area contributed by atoms with Gasteiger partial charge in [0, 0.05) is 6.07 Å². The molecule has 0 atom stereocenters. The maximum atomic E-state index is 8.87. The monoisotopic (exact) mass is 227 g/mol. The van der Waals surface area contributed by atoms with Crippen molar-refractivity contribution in [3.63, 3.8) is 0 Å². The van der Waals surface area contributed by atoms with Crippen LogP contribution in [0.2, 0.25) is 5.02 Å². The van der Waals surface area contributed by atoms with Gasteiger partial charge in [0.25, 0.3) is 0 Å². The molecular formula is C10H10ClNO3. The zero-order valence-electron chi connectivity index (χ0n) is 8.63. The molecule has 1 rings (SSSR count). The van der Waals surface area contributed by atoms with Gasteiger partial charge in [0.1, 0.15) is 11.1 Å². The molecule has 1 aromatic rings. The van der Waals surface area contributed by atoms with Crippen LogP contribution < -0.4 is 14.2 Å². The van der Waals surface area contributed by atoms with Crippen molar-refractivity contribution in [1.29, 1.82) is 5.26 Å². The van der Waals surface area contributed by atoms with Gasteiger partial charge in [0.05, 0.1) is 26.9 Å². The first kappa shape index (κ1) is 11.5. The standard InChI is InChI=1S/C10H10ClNO3/c1-13-7-4-6(5-12)9(14-2)8(11)10(7)15-3/h4H,1-3H3. The van der Waals surface area contributed by atoms with E-state index in [0.29, 0.717) is 17.1 Å². The Morgan fingerprint density at radius 2 is 1.73 bits per heavy atom.